The zero-order chi connectivity index (χ0) is 32.2. The fraction of sp³-hybridized carbons (Fsp3) is 0.559. The number of rotatable bonds is 6. The van der Waals surface area contributed by atoms with Gasteiger partial charge in [0.2, 0.25) is 0 Å². The van der Waals surface area contributed by atoms with Crippen LogP contribution in [0.1, 0.15) is 102 Å². The molecule has 1 saturated carbocycles. The number of anilines is 2. The lowest BCUT2D eigenvalue weighted by Gasteiger charge is -2.40. The Bertz CT molecular complexity index is 1640. The van der Waals surface area contributed by atoms with Crippen molar-refractivity contribution in [3.8, 4) is 0 Å². The van der Waals surface area contributed by atoms with E-state index < -0.39 is 5.60 Å². The van der Waals surface area contributed by atoms with Crippen molar-refractivity contribution in [1.82, 2.24) is 24.4 Å². The maximum absolute atomic E-state index is 13.8. The van der Waals surface area contributed by atoms with Crippen LogP contribution in [0.3, 0.4) is 0 Å². The molecule has 1 unspecified atom stereocenters. The second-order valence-electron chi connectivity index (χ2n) is 14.0. The van der Waals surface area contributed by atoms with Crippen molar-refractivity contribution in [2.24, 2.45) is 0 Å². The lowest BCUT2D eigenvalue weighted by Crippen LogP contribution is -2.50. The highest BCUT2D eigenvalue weighted by Gasteiger charge is 2.41. The minimum atomic E-state index is -0.514. The van der Waals surface area contributed by atoms with Crippen molar-refractivity contribution in [2.75, 3.05) is 30.4 Å². The van der Waals surface area contributed by atoms with Gasteiger partial charge in [-0.05, 0) is 86.3 Å². The number of carbonyl (C=O) groups is 2. The number of carbonyl (C=O) groups excluding carboxylic acids is 2. The standard InChI is InChI=1S/C34H46N8O3/c1-21(2)41-18-15-26-28(39-16-13-25(14-17-39)42(24-9-10-24)33(44)45-34(5,6)7)12-11-27(30(26)37-41)32(43)36-29-20-40-19-22(3)38(8)23(4)31(40)35-29/h11-12,15,18-21,23-25H,9-10,13-14,16-17H2,1-8H3/p+1. The van der Waals surface area contributed by atoms with E-state index in [9.17, 15) is 9.59 Å². The quantitative estimate of drug-likeness (QED) is 0.353. The Kier molecular flexibility index (Phi) is 7.99. The van der Waals surface area contributed by atoms with Gasteiger partial charge in [0.1, 0.15) is 11.4 Å². The summed E-state index contributed by atoms with van der Waals surface area (Å²) in [4.78, 5) is 38.2. The fourth-order valence-electron chi connectivity index (χ4n) is 6.40. The molecule has 2 fully saturated rings. The van der Waals surface area contributed by atoms with Crippen molar-refractivity contribution < 1.29 is 19.0 Å². The van der Waals surface area contributed by atoms with Crippen LogP contribution in [0.5, 0.6) is 0 Å². The van der Waals surface area contributed by atoms with E-state index in [1.54, 1.807) is 0 Å². The van der Waals surface area contributed by atoms with Crippen molar-refractivity contribution in [1.29, 1.82) is 0 Å². The Balaban J connectivity index is 1.25. The van der Waals surface area contributed by atoms with Crippen LogP contribution in [0.4, 0.5) is 16.3 Å². The number of piperidine rings is 1. The van der Waals surface area contributed by atoms with Gasteiger partial charge in [0, 0.05) is 66.4 Å². The van der Waals surface area contributed by atoms with E-state index in [-0.39, 0.29) is 36.2 Å². The normalized spacial score (nSPS) is 19.0. The van der Waals surface area contributed by atoms with Crippen LogP contribution in [-0.4, -0.2) is 74.3 Å². The Hall–Kier alpha value is -4.15. The third-order valence-electron chi connectivity index (χ3n) is 9.16. The molecular formula is C34H47N8O3+. The number of fused-ring (bicyclic) bond motifs is 2. The Morgan fingerprint density at radius 2 is 1.78 bits per heavy atom. The predicted molar refractivity (Wildman–Crippen MR) is 175 cm³/mol. The van der Waals surface area contributed by atoms with E-state index in [2.05, 4.69) is 48.9 Å². The van der Waals surface area contributed by atoms with Gasteiger partial charge in [0.25, 0.3) is 5.91 Å². The minimum absolute atomic E-state index is 0.0945. The number of benzene rings is 1. The molecule has 11 nitrogen and oxygen atoms in total. The molecule has 3 aromatic rings. The highest BCUT2D eigenvalue weighted by atomic mass is 16.6. The van der Waals surface area contributed by atoms with Crippen LogP contribution in [0.2, 0.25) is 0 Å². The van der Waals surface area contributed by atoms with Crippen LogP contribution >= 0.6 is 0 Å². The molecule has 2 aromatic heterocycles. The maximum Gasteiger partial charge on any atom is 0.410 e. The summed E-state index contributed by atoms with van der Waals surface area (Å²) in [7, 11) is 2.04. The van der Waals surface area contributed by atoms with Gasteiger partial charge in [-0.25, -0.2) is 9.78 Å². The molecular weight excluding hydrogens is 568 g/mol. The molecule has 1 saturated heterocycles. The fourth-order valence-corrected chi connectivity index (χ4v) is 6.40. The minimum Gasteiger partial charge on any atom is -0.444 e. The second kappa shape index (κ2) is 11.7. The number of hydrogen-bond donors (Lipinski definition) is 1. The molecule has 240 valence electrons. The highest BCUT2D eigenvalue weighted by Crippen LogP contribution is 2.36. The molecule has 3 aliphatic rings. The molecule has 0 bridgehead atoms. The van der Waals surface area contributed by atoms with E-state index in [0.29, 0.717) is 16.9 Å². The monoisotopic (exact) mass is 615 g/mol. The SMILES string of the molecule is CC1=Cn2cc(NC(=O)c3ccc(N4CCC(N(C(=O)OC(C)(C)C)C5CC5)CC4)c4cc[n+](C(C)C)nc34)nc2C(C)N1C. The molecule has 1 N–H and O–H groups in total. The van der Waals surface area contributed by atoms with Gasteiger partial charge in [-0.3, -0.25) is 4.79 Å². The average molecular weight is 616 g/mol. The average Bonchev–Trinajstić information content (AvgIpc) is 3.73. The van der Waals surface area contributed by atoms with Gasteiger partial charge < -0.3 is 29.3 Å². The van der Waals surface area contributed by atoms with Gasteiger partial charge in [0.05, 0.1) is 17.8 Å². The molecule has 1 aromatic carbocycles. The van der Waals surface area contributed by atoms with Gasteiger partial charge in [-0.2, -0.15) is 0 Å². The Morgan fingerprint density at radius 1 is 1.09 bits per heavy atom. The molecule has 1 atom stereocenters. The Labute approximate surface area is 265 Å². The number of nitrogens with zero attached hydrogens (tertiary/aromatic N) is 7. The first kappa shape index (κ1) is 30.9. The molecule has 45 heavy (non-hydrogen) atoms. The maximum atomic E-state index is 13.8. The van der Waals surface area contributed by atoms with E-state index >= 15 is 0 Å². The van der Waals surface area contributed by atoms with Crippen LogP contribution in [0, 0.1) is 0 Å². The van der Waals surface area contributed by atoms with E-state index in [0.717, 1.165) is 61.4 Å². The van der Waals surface area contributed by atoms with E-state index in [1.165, 1.54) is 0 Å². The molecule has 6 rings (SSSR count). The molecule has 4 heterocycles. The number of allylic oxidation sites excluding steroid dienone is 1. The summed E-state index contributed by atoms with van der Waals surface area (Å²) in [6.45, 7) is 15.7. The van der Waals surface area contributed by atoms with Gasteiger partial charge in [-0.1, -0.05) is 4.68 Å². The third-order valence-corrected chi connectivity index (χ3v) is 9.16. The summed E-state index contributed by atoms with van der Waals surface area (Å²) in [6.07, 6.45) is 9.49. The molecule has 0 spiro atoms. The summed E-state index contributed by atoms with van der Waals surface area (Å²) < 4.78 is 9.66. The summed E-state index contributed by atoms with van der Waals surface area (Å²) in [5, 5.41) is 8.91. The summed E-state index contributed by atoms with van der Waals surface area (Å²) in [5.74, 6) is 1.15. The largest absolute Gasteiger partial charge is 0.444 e. The molecule has 2 amide bonds. The number of aromatic nitrogens is 4. The predicted octanol–water partition coefficient (Wildman–Crippen LogP) is 5.75. The molecule has 0 radical (unpaired) electrons. The lowest BCUT2D eigenvalue weighted by molar-refractivity contribution is -0.769. The smallest absolute Gasteiger partial charge is 0.410 e. The van der Waals surface area contributed by atoms with Crippen LogP contribution < -0.4 is 14.9 Å². The zero-order valence-electron chi connectivity index (χ0n) is 27.9. The van der Waals surface area contributed by atoms with E-state index in [4.69, 9.17) is 14.8 Å². The summed E-state index contributed by atoms with van der Waals surface area (Å²) >= 11 is 0. The van der Waals surface area contributed by atoms with Gasteiger partial charge >= 0.3 is 6.09 Å². The van der Waals surface area contributed by atoms with Gasteiger partial charge in [0.15, 0.2) is 23.6 Å². The van der Waals surface area contributed by atoms with Crippen LogP contribution in [0.25, 0.3) is 17.1 Å². The molecule has 1 aliphatic carbocycles. The van der Waals surface area contributed by atoms with Crippen molar-refractivity contribution >= 4 is 40.6 Å². The number of nitrogens with one attached hydrogen (secondary N) is 1. The third kappa shape index (κ3) is 6.21. The van der Waals surface area contributed by atoms with Crippen molar-refractivity contribution in [3.63, 3.8) is 0 Å². The van der Waals surface area contributed by atoms with Gasteiger partial charge in [-0.15, -0.1) is 0 Å². The molecule has 2 aliphatic heterocycles. The second-order valence-corrected chi connectivity index (χ2v) is 14.0. The topological polar surface area (TPSA) is 99.7 Å². The zero-order valence-corrected chi connectivity index (χ0v) is 27.9. The van der Waals surface area contributed by atoms with Crippen molar-refractivity contribution in [2.45, 2.75) is 104 Å². The first-order valence-electron chi connectivity index (χ1n) is 16.2. The summed E-state index contributed by atoms with van der Waals surface area (Å²) in [5.41, 5.74) is 2.83. The number of amides is 2. The molecule has 11 heteroatoms. The number of hydrogen-bond acceptors (Lipinski definition) is 7. The lowest BCUT2D eigenvalue weighted by atomic mass is 10.0. The first-order valence-corrected chi connectivity index (χ1v) is 16.2. The van der Waals surface area contributed by atoms with E-state index in [1.807, 2.05) is 72.7 Å². The highest BCUT2D eigenvalue weighted by molar-refractivity contribution is 6.13. The number of imidazole rings is 1. The van der Waals surface area contributed by atoms with Crippen molar-refractivity contribution in [3.05, 3.63) is 47.7 Å². The summed E-state index contributed by atoms with van der Waals surface area (Å²) in [6, 6.07) is 6.66. The first-order chi connectivity index (χ1) is 21.3. The van der Waals surface area contributed by atoms with Crippen LogP contribution in [0.15, 0.2) is 36.3 Å². The number of ether oxygens (including phenoxy) is 1. The Morgan fingerprint density at radius 3 is 2.42 bits per heavy atom. The van der Waals surface area contributed by atoms with Crippen LogP contribution in [-0.2, 0) is 4.74 Å².